The van der Waals surface area contributed by atoms with Crippen LogP contribution in [0.2, 0.25) is 0 Å². The number of piperidine rings is 1. The van der Waals surface area contributed by atoms with E-state index in [1.165, 1.54) is 11.0 Å². The number of ketones is 1. The van der Waals surface area contributed by atoms with Crippen LogP contribution in [0.1, 0.15) is 70.1 Å². The average Bonchev–Trinajstić information content (AvgIpc) is 2.88. The molecule has 1 aliphatic heterocycles. The highest BCUT2D eigenvalue weighted by atomic mass is 19.1. The lowest BCUT2D eigenvalue weighted by atomic mass is 9.55. The number of hydrogen-bond acceptors (Lipinski definition) is 7. The fraction of sp³-hybridized carbons (Fsp3) is 0.531. The summed E-state index contributed by atoms with van der Waals surface area (Å²) in [6, 6.07) is 0.523. The van der Waals surface area contributed by atoms with Gasteiger partial charge in [-0.15, -0.1) is 0 Å². The maximum absolute atomic E-state index is 15.9. The third-order valence-electron chi connectivity index (χ3n) is 9.41. The van der Waals surface area contributed by atoms with Gasteiger partial charge in [-0.2, -0.15) is 0 Å². The minimum atomic E-state index is -1.85. The summed E-state index contributed by atoms with van der Waals surface area (Å²) in [5, 5.41) is 23.2. The Morgan fingerprint density at radius 2 is 1.93 bits per heavy atom. The number of carbonyl (C=O) groups is 4. The number of alkyl carbamates (subject to hydrolysis) is 1. The molecular weight excluding hydrogens is 555 g/mol. The van der Waals surface area contributed by atoms with E-state index < -0.39 is 58.4 Å². The number of ether oxygens (including phenoxy) is 1. The van der Waals surface area contributed by atoms with Crippen LogP contribution in [-0.2, 0) is 25.5 Å². The van der Waals surface area contributed by atoms with Gasteiger partial charge in [-0.3, -0.25) is 14.4 Å². The highest BCUT2D eigenvalue weighted by Gasteiger charge is 2.57. The number of carbonyl (C=O) groups excluding carboxylic acids is 4. The molecule has 1 heterocycles. The normalized spacial score (nSPS) is 29.1. The number of aliphatic hydroxyl groups is 1. The number of Topliss-reactive ketones (excluding diaryl/α,β-unsaturated/α-hetero) is 1. The summed E-state index contributed by atoms with van der Waals surface area (Å²) in [4.78, 5) is 52.2. The molecule has 3 amide bonds. The van der Waals surface area contributed by atoms with Crippen molar-refractivity contribution in [1.29, 1.82) is 5.41 Å². The van der Waals surface area contributed by atoms with E-state index in [1.807, 2.05) is 0 Å². The number of allylic oxidation sites excluding steroid dienone is 2. The molecule has 43 heavy (non-hydrogen) atoms. The third-order valence-corrected chi connectivity index (χ3v) is 9.41. The van der Waals surface area contributed by atoms with Crippen molar-refractivity contribution >= 4 is 40.7 Å². The molecule has 2 fully saturated rings. The summed E-state index contributed by atoms with van der Waals surface area (Å²) in [6.45, 7) is 13.3. The molecule has 3 aliphatic carbocycles. The van der Waals surface area contributed by atoms with E-state index in [0.717, 1.165) is 0 Å². The van der Waals surface area contributed by atoms with E-state index in [0.29, 0.717) is 64.9 Å². The summed E-state index contributed by atoms with van der Waals surface area (Å²) < 4.78 is 21.2. The number of nitrogens with zero attached hydrogens (tertiary/aromatic N) is 1. The van der Waals surface area contributed by atoms with Gasteiger partial charge in [0, 0.05) is 18.9 Å². The van der Waals surface area contributed by atoms with E-state index in [4.69, 9.17) is 15.9 Å². The summed E-state index contributed by atoms with van der Waals surface area (Å²) in [5.41, 5.74) is 5.95. The van der Waals surface area contributed by atoms with Crippen molar-refractivity contribution in [2.45, 2.75) is 84.0 Å². The zero-order chi connectivity index (χ0) is 31.8. The second kappa shape index (κ2) is 10.4. The first-order valence-corrected chi connectivity index (χ1v) is 14.6. The second-order valence-corrected chi connectivity index (χ2v) is 13.2. The molecule has 5 unspecified atom stereocenters. The highest BCUT2D eigenvalue weighted by molar-refractivity contribution is 6.24. The van der Waals surface area contributed by atoms with Crippen LogP contribution < -0.4 is 16.0 Å². The van der Waals surface area contributed by atoms with Crippen molar-refractivity contribution in [1.82, 2.24) is 5.32 Å². The molecule has 1 aromatic carbocycles. The molecule has 5 atom stereocenters. The Hall–Kier alpha value is -3.86. The zero-order valence-corrected chi connectivity index (χ0v) is 25.2. The predicted molar refractivity (Wildman–Crippen MR) is 158 cm³/mol. The first-order valence-electron chi connectivity index (χ1n) is 14.6. The summed E-state index contributed by atoms with van der Waals surface area (Å²) in [7, 11) is 0. The van der Waals surface area contributed by atoms with E-state index >= 15 is 4.39 Å². The molecule has 0 radical (unpaired) electrons. The van der Waals surface area contributed by atoms with Gasteiger partial charge in [-0.25, -0.2) is 9.18 Å². The summed E-state index contributed by atoms with van der Waals surface area (Å²) in [6.07, 6.45) is 0.783. The number of fused-ring (bicyclic) bond motifs is 3. The lowest BCUT2D eigenvalue weighted by Gasteiger charge is -2.50. The molecule has 0 bridgehead atoms. The standard InChI is InChI=1S/C32H39FN4O6/c1-14-22(37-9-7-8-21(29(37)40)36-30(41)43-31(4,5)6)13-20(33)19-11-17-10-18-12-23(38)26(28(35)39)27(34)32(18,42)16(3)25(17)15(2)24(14)19/h13,17-18,21,26,34,42H,2,7-12H2,1,3-6H3,(H2,35,39)(H,36,41). The molecule has 11 heteroatoms. The smallest absolute Gasteiger partial charge is 0.408 e. The molecule has 0 aromatic heterocycles. The number of anilines is 1. The Morgan fingerprint density at radius 3 is 2.56 bits per heavy atom. The molecule has 5 rings (SSSR count). The van der Waals surface area contributed by atoms with Gasteiger partial charge in [0.2, 0.25) is 11.8 Å². The van der Waals surface area contributed by atoms with Crippen LogP contribution in [0.25, 0.3) is 5.57 Å². The predicted octanol–water partition coefficient (Wildman–Crippen LogP) is 3.50. The summed E-state index contributed by atoms with van der Waals surface area (Å²) >= 11 is 0. The largest absolute Gasteiger partial charge is 0.444 e. The van der Waals surface area contributed by atoms with E-state index in [1.54, 1.807) is 34.6 Å². The fourth-order valence-corrected chi connectivity index (χ4v) is 7.56. The first kappa shape index (κ1) is 30.6. The van der Waals surface area contributed by atoms with Crippen molar-refractivity contribution < 1.29 is 33.4 Å². The van der Waals surface area contributed by atoms with Crippen LogP contribution in [0.4, 0.5) is 14.9 Å². The fourth-order valence-electron chi connectivity index (χ4n) is 7.56. The van der Waals surface area contributed by atoms with Crippen molar-refractivity contribution in [2.24, 2.45) is 23.5 Å². The van der Waals surface area contributed by atoms with Gasteiger partial charge in [-0.05, 0) is 106 Å². The SMILES string of the molecule is C=C1C2=C(C)C3(O)C(=N)C(C(N)=O)C(=O)CC3CC2Cc2c(F)cc(N3CCCC(NC(=O)OC(C)(C)C)C3=O)c(C)c21. The molecular formula is C32H39FN4O6. The Kier molecular flexibility index (Phi) is 7.40. The number of rotatable bonds is 3. The van der Waals surface area contributed by atoms with E-state index in [-0.39, 0.29) is 24.7 Å². The lowest BCUT2D eigenvalue weighted by Crippen LogP contribution is -2.61. The van der Waals surface area contributed by atoms with Gasteiger partial charge in [0.1, 0.15) is 29.0 Å². The maximum atomic E-state index is 15.9. The van der Waals surface area contributed by atoms with Crippen molar-refractivity contribution in [3.63, 3.8) is 0 Å². The van der Waals surface area contributed by atoms with Crippen LogP contribution in [0, 0.1) is 35.9 Å². The van der Waals surface area contributed by atoms with Crippen LogP contribution in [0.3, 0.4) is 0 Å². The minimum absolute atomic E-state index is 0.108. The second-order valence-electron chi connectivity index (χ2n) is 13.2. The van der Waals surface area contributed by atoms with Crippen molar-refractivity contribution in [3.8, 4) is 0 Å². The zero-order valence-electron chi connectivity index (χ0n) is 25.2. The molecule has 1 saturated carbocycles. The van der Waals surface area contributed by atoms with Gasteiger partial charge >= 0.3 is 6.09 Å². The van der Waals surface area contributed by atoms with Gasteiger partial charge < -0.3 is 31.2 Å². The summed E-state index contributed by atoms with van der Waals surface area (Å²) in [5.74, 6) is -4.73. The highest BCUT2D eigenvalue weighted by Crippen LogP contribution is 2.55. The van der Waals surface area contributed by atoms with Gasteiger partial charge in [0.25, 0.3) is 0 Å². The Balaban J connectivity index is 1.52. The average molecular weight is 595 g/mol. The van der Waals surface area contributed by atoms with E-state index in [2.05, 4.69) is 11.9 Å². The first-order chi connectivity index (χ1) is 20.0. The van der Waals surface area contributed by atoms with Crippen LogP contribution >= 0.6 is 0 Å². The van der Waals surface area contributed by atoms with E-state index in [9.17, 15) is 24.3 Å². The Bertz CT molecular complexity index is 1520. The Morgan fingerprint density at radius 1 is 1.26 bits per heavy atom. The molecule has 0 spiro atoms. The minimum Gasteiger partial charge on any atom is -0.444 e. The molecule has 230 valence electrons. The molecule has 5 N–H and O–H groups in total. The number of halogens is 1. The third kappa shape index (κ3) is 4.87. The number of benzene rings is 1. The topological polar surface area (TPSA) is 163 Å². The maximum Gasteiger partial charge on any atom is 0.408 e. The Labute approximate surface area is 250 Å². The number of nitrogens with two attached hydrogens (primary N) is 1. The van der Waals surface area contributed by atoms with Gasteiger partial charge in [0.05, 0.1) is 11.4 Å². The monoisotopic (exact) mass is 594 g/mol. The van der Waals surface area contributed by atoms with Gasteiger partial charge in [0.15, 0.2) is 5.78 Å². The van der Waals surface area contributed by atoms with Gasteiger partial charge in [-0.1, -0.05) is 6.58 Å². The van der Waals surface area contributed by atoms with Crippen LogP contribution in [-0.4, -0.2) is 58.3 Å². The molecule has 1 saturated heterocycles. The number of hydrogen-bond donors (Lipinski definition) is 4. The molecule has 10 nitrogen and oxygen atoms in total. The quantitative estimate of drug-likeness (QED) is 0.392. The molecule has 1 aromatic rings. The van der Waals surface area contributed by atoms with Crippen LogP contribution in [0.5, 0.6) is 0 Å². The number of amides is 3. The lowest BCUT2D eigenvalue weighted by molar-refractivity contribution is -0.133. The molecule has 4 aliphatic rings. The number of nitrogens with one attached hydrogen (secondary N) is 2. The van der Waals surface area contributed by atoms with Crippen LogP contribution in [0.15, 0.2) is 23.8 Å². The van der Waals surface area contributed by atoms with Crippen molar-refractivity contribution in [3.05, 3.63) is 46.3 Å². The van der Waals surface area contributed by atoms with Crippen molar-refractivity contribution in [2.75, 3.05) is 11.4 Å². The number of primary amides is 1.